The van der Waals surface area contributed by atoms with Gasteiger partial charge >= 0.3 is 0 Å². The van der Waals surface area contributed by atoms with Crippen LogP contribution in [0.4, 0.5) is 5.13 Å². The highest BCUT2D eigenvalue weighted by atomic mass is 32.1. The van der Waals surface area contributed by atoms with Gasteiger partial charge in [-0.25, -0.2) is 4.98 Å². The molecule has 8 nitrogen and oxygen atoms in total. The number of thiazole rings is 1. The maximum absolute atomic E-state index is 13.0. The van der Waals surface area contributed by atoms with Gasteiger partial charge in [0.2, 0.25) is 17.7 Å². The lowest BCUT2D eigenvalue weighted by Crippen LogP contribution is -2.43. The molecule has 3 amide bonds. The third-order valence-electron chi connectivity index (χ3n) is 7.09. The fraction of sp³-hybridized carbons (Fsp3) is 0.769. The Hall–Kier alpha value is -2.00. The zero-order chi connectivity index (χ0) is 25.2. The van der Waals surface area contributed by atoms with Crippen LogP contribution in [0.1, 0.15) is 84.3 Å². The molecule has 2 fully saturated rings. The number of hydrogen-bond acceptors (Lipinski definition) is 6. The number of aromatic nitrogens is 1. The molecule has 0 radical (unpaired) electrons. The van der Waals surface area contributed by atoms with E-state index in [9.17, 15) is 14.4 Å². The fourth-order valence-electron chi connectivity index (χ4n) is 4.84. The zero-order valence-corrected chi connectivity index (χ0v) is 22.5. The van der Waals surface area contributed by atoms with E-state index in [0.29, 0.717) is 10.8 Å². The predicted octanol–water partition coefficient (Wildman–Crippen LogP) is 3.82. The summed E-state index contributed by atoms with van der Waals surface area (Å²) in [5.41, 5.74) is 0.649. The van der Waals surface area contributed by atoms with Crippen LogP contribution >= 0.6 is 11.3 Å². The molecule has 1 aromatic heterocycles. The molecule has 2 saturated carbocycles. The highest BCUT2D eigenvalue weighted by Crippen LogP contribution is 2.32. The molecule has 196 valence electrons. The second-order valence-electron chi connectivity index (χ2n) is 10.0. The van der Waals surface area contributed by atoms with Crippen LogP contribution in [0, 0.1) is 5.92 Å². The summed E-state index contributed by atoms with van der Waals surface area (Å²) in [6.45, 7) is 9.60. The van der Waals surface area contributed by atoms with Gasteiger partial charge in [-0.1, -0.05) is 33.1 Å². The molecule has 9 heteroatoms. The molecule has 0 spiro atoms. The Kier molecular flexibility index (Phi) is 11.0. The van der Waals surface area contributed by atoms with Crippen molar-refractivity contribution in [3.63, 3.8) is 0 Å². The molecular formula is C26H43N5O3S. The minimum absolute atomic E-state index is 0.0542. The predicted molar refractivity (Wildman–Crippen MR) is 140 cm³/mol. The maximum atomic E-state index is 13.0. The van der Waals surface area contributed by atoms with Gasteiger partial charge in [0, 0.05) is 23.4 Å². The van der Waals surface area contributed by atoms with Gasteiger partial charge in [0.25, 0.3) is 0 Å². The number of hydrogen-bond donors (Lipinski definition) is 2. The summed E-state index contributed by atoms with van der Waals surface area (Å²) in [4.78, 5) is 46.7. The van der Waals surface area contributed by atoms with Crippen LogP contribution in [0.2, 0.25) is 0 Å². The third-order valence-corrected chi connectivity index (χ3v) is 7.90. The summed E-state index contributed by atoms with van der Waals surface area (Å²) < 4.78 is 0. The fourth-order valence-corrected chi connectivity index (χ4v) is 5.57. The van der Waals surface area contributed by atoms with Gasteiger partial charge < -0.3 is 20.4 Å². The average molecular weight is 506 g/mol. The Labute approximate surface area is 214 Å². The summed E-state index contributed by atoms with van der Waals surface area (Å²) in [6.07, 6.45) is 9.44. The Morgan fingerprint density at radius 2 is 1.80 bits per heavy atom. The lowest BCUT2D eigenvalue weighted by atomic mass is 9.88. The van der Waals surface area contributed by atoms with E-state index in [1.54, 1.807) is 4.90 Å². The Morgan fingerprint density at radius 1 is 1.09 bits per heavy atom. The number of carbonyl (C=O) groups excluding carboxylic acids is 3. The molecule has 0 bridgehead atoms. The first-order valence-electron chi connectivity index (χ1n) is 13.5. The average Bonchev–Trinajstić information content (AvgIpc) is 3.60. The van der Waals surface area contributed by atoms with Gasteiger partial charge in [0.05, 0.1) is 12.1 Å². The van der Waals surface area contributed by atoms with E-state index >= 15 is 0 Å². The van der Waals surface area contributed by atoms with Gasteiger partial charge in [0.1, 0.15) is 6.54 Å². The molecule has 1 unspecified atom stereocenters. The van der Waals surface area contributed by atoms with E-state index < -0.39 is 0 Å². The van der Waals surface area contributed by atoms with Crippen LogP contribution in [-0.2, 0) is 20.8 Å². The number of nitrogens with one attached hydrogen (secondary N) is 2. The summed E-state index contributed by atoms with van der Waals surface area (Å²) in [5, 5.41) is 8.18. The molecule has 0 aromatic carbocycles. The van der Waals surface area contributed by atoms with Crippen molar-refractivity contribution in [3.05, 3.63) is 11.1 Å². The summed E-state index contributed by atoms with van der Waals surface area (Å²) >= 11 is 1.32. The van der Waals surface area contributed by atoms with E-state index in [4.69, 9.17) is 0 Å². The first-order valence-corrected chi connectivity index (χ1v) is 14.3. The van der Waals surface area contributed by atoms with Gasteiger partial charge in [-0.05, 0) is 65.1 Å². The molecule has 2 aliphatic rings. The highest BCUT2D eigenvalue weighted by Gasteiger charge is 2.37. The second kappa shape index (κ2) is 13.9. The smallest absolute Gasteiger partial charge is 0.245 e. The monoisotopic (exact) mass is 505 g/mol. The topological polar surface area (TPSA) is 94.6 Å². The normalized spacial score (nSPS) is 17.3. The molecule has 0 saturated heterocycles. The number of carbonyl (C=O) groups is 3. The van der Waals surface area contributed by atoms with Crippen LogP contribution in [-0.4, -0.2) is 70.8 Å². The molecule has 2 aliphatic carbocycles. The first kappa shape index (κ1) is 27.6. The van der Waals surface area contributed by atoms with E-state index in [0.717, 1.165) is 71.0 Å². The molecular weight excluding hydrogens is 462 g/mol. The molecule has 3 rings (SSSR count). The first-order chi connectivity index (χ1) is 16.9. The van der Waals surface area contributed by atoms with Crippen LogP contribution in [0.5, 0.6) is 0 Å². The Morgan fingerprint density at radius 3 is 2.46 bits per heavy atom. The standard InChI is InChI=1S/C26H43N5O3S/c1-4-30(5-2)15-9-10-19(3)27-23(32)16-21-18-35-26(28-21)29-24(33)17-31(22-13-14-22)25(34)20-11-7-6-8-12-20/h18-20,22H,4-17H2,1-3H3,(H,27,32)(H,28,29,33). The second-order valence-corrected chi connectivity index (χ2v) is 10.9. The number of amides is 3. The van der Waals surface area contributed by atoms with Crippen molar-refractivity contribution in [1.29, 1.82) is 0 Å². The minimum Gasteiger partial charge on any atom is -0.353 e. The zero-order valence-electron chi connectivity index (χ0n) is 21.7. The van der Waals surface area contributed by atoms with Crippen molar-refractivity contribution < 1.29 is 14.4 Å². The van der Waals surface area contributed by atoms with Gasteiger partial charge in [-0.3, -0.25) is 14.4 Å². The van der Waals surface area contributed by atoms with Crippen molar-refractivity contribution in [2.45, 2.75) is 97.1 Å². The Bertz CT molecular complexity index is 831. The molecule has 1 aromatic rings. The van der Waals surface area contributed by atoms with Crippen LogP contribution in [0.15, 0.2) is 5.38 Å². The van der Waals surface area contributed by atoms with Crippen LogP contribution < -0.4 is 10.6 Å². The largest absolute Gasteiger partial charge is 0.353 e. The summed E-state index contributed by atoms with van der Waals surface area (Å²) in [7, 11) is 0. The van der Waals surface area contributed by atoms with E-state index in [1.807, 2.05) is 12.3 Å². The van der Waals surface area contributed by atoms with Gasteiger partial charge in [0.15, 0.2) is 5.13 Å². The minimum atomic E-state index is -0.215. The lowest BCUT2D eigenvalue weighted by Gasteiger charge is -2.28. The van der Waals surface area contributed by atoms with Crippen LogP contribution in [0.3, 0.4) is 0 Å². The number of rotatable bonds is 14. The van der Waals surface area contributed by atoms with Gasteiger partial charge in [-0.15, -0.1) is 11.3 Å². The molecule has 1 atom stereocenters. The SMILES string of the molecule is CCN(CC)CCCC(C)NC(=O)Cc1csc(NC(=O)CN(C(=O)C2CCCCC2)C2CC2)n1. The van der Waals surface area contributed by atoms with Crippen molar-refractivity contribution in [2.75, 3.05) is 31.5 Å². The summed E-state index contributed by atoms with van der Waals surface area (Å²) in [5.74, 6) is -0.0541. The quantitative estimate of drug-likeness (QED) is 0.401. The van der Waals surface area contributed by atoms with Crippen LogP contribution in [0.25, 0.3) is 0 Å². The Balaban J connectivity index is 1.41. The lowest BCUT2D eigenvalue weighted by molar-refractivity contribution is -0.139. The van der Waals surface area contributed by atoms with Crippen molar-refractivity contribution in [2.24, 2.45) is 5.92 Å². The van der Waals surface area contributed by atoms with Crippen molar-refractivity contribution >= 4 is 34.2 Å². The highest BCUT2D eigenvalue weighted by molar-refractivity contribution is 7.13. The molecule has 2 N–H and O–H groups in total. The molecule has 35 heavy (non-hydrogen) atoms. The molecule has 1 heterocycles. The summed E-state index contributed by atoms with van der Waals surface area (Å²) in [6, 6.07) is 0.325. The third kappa shape index (κ3) is 9.18. The van der Waals surface area contributed by atoms with Crippen molar-refractivity contribution in [1.82, 2.24) is 20.1 Å². The number of nitrogens with zero attached hydrogens (tertiary/aromatic N) is 3. The van der Waals surface area contributed by atoms with E-state index in [-0.39, 0.29) is 48.7 Å². The number of anilines is 1. The van der Waals surface area contributed by atoms with E-state index in [2.05, 4.69) is 34.4 Å². The molecule has 0 aliphatic heterocycles. The van der Waals surface area contributed by atoms with E-state index in [1.165, 1.54) is 17.8 Å². The maximum Gasteiger partial charge on any atom is 0.245 e. The van der Waals surface area contributed by atoms with Gasteiger partial charge in [-0.2, -0.15) is 0 Å². The van der Waals surface area contributed by atoms with Crippen molar-refractivity contribution in [3.8, 4) is 0 Å².